The molecule has 2 aromatic heterocycles. The van der Waals surface area contributed by atoms with Crippen LogP contribution in [0.2, 0.25) is 10.0 Å². The lowest BCUT2D eigenvalue weighted by Gasteiger charge is -2.10. The van der Waals surface area contributed by atoms with Crippen LogP contribution < -0.4 is 10.1 Å². The van der Waals surface area contributed by atoms with Gasteiger partial charge in [0.05, 0.1) is 23.1 Å². The number of hydrogen-bond acceptors (Lipinski definition) is 9. The number of hydrogen-bond donors (Lipinski definition) is 1. The van der Waals surface area contributed by atoms with E-state index in [1.807, 2.05) is 0 Å². The topological polar surface area (TPSA) is 108 Å². The lowest BCUT2D eigenvalue weighted by molar-refractivity contribution is -0.113. The van der Waals surface area contributed by atoms with Crippen molar-refractivity contribution >= 4 is 63.3 Å². The molecule has 0 radical (unpaired) electrons. The van der Waals surface area contributed by atoms with E-state index in [-0.39, 0.29) is 24.9 Å². The Kier molecular flexibility index (Phi) is 9.34. The van der Waals surface area contributed by atoms with Crippen molar-refractivity contribution in [3.05, 3.63) is 57.3 Å². The number of esters is 1. The summed E-state index contributed by atoms with van der Waals surface area (Å²) >= 11 is 14.4. The van der Waals surface area contributed by atoms with Crippen LogP contribution in [0.25, 0.3) is 0 Å². The third kappa shape index (κ3) is 6.72. The van der Waals surface area contributed by atoms with E-state index in [1.54, 1.807) is 42.7 Å². The number of ether oxygens (including phenoxy) is 2. The van der Waals surface area contributed by atoms with Crippen LogP contribution in [-0.4, -0.2) is 44.0 Å². The van der Waals surface area contributed by atoms with Gasteiger partial charge in [-0.3, -0.25) is 9.36 Å². The minimum absolute atomic E-state index is 0.0591. The maximum atomic E-state index is 12.4. The number of thioether (sulfide) groups is 1. The number of aromatic nitrogens is 4. The first-order valence-electron chi connectivity index (χ1n) is 10.00. The third-order valence-corrected chi connectivity index (χ3v) is 6.76. The maximum Gasteiger partial charge on any atom is 0.350 e. The lowest BCUT2D eigenvalue weighted by Crippen LogP contribution is -2.15. The molecular weight excluding hydrogens is 521 g/mol. The Morgan fingerprint density at radius 3 is 2.85 bits per heavy atom. The zero-order valence-electron chi connectivity index (χ0n) is 18.3. The van der Waals surface area contributed by atoms with Gasteiger partial charge in [-0.05, 0) is 26.0 Å². The first-order chi connectivity index (χ1) is 16.3. The van der Waals surface area contributed by atoms with Crippen molar-refractivity contribution in [3.63, 3.8) is 0 Å². The molecule has 1 N–H and O–H groups in total. The first-order valence-corrected chi connectivity index (χ1v) is 12.6. The molecule has 0 aliphatic rings. The molecule has 1 amide bonds. The summed E-state index contributed by atoms with van der Waals surface area (Å²) in [6.45, 7) is 7.96. The fourth-order valence-corrected chi connectivity index (χ4v) is 4.67. The Balaban J connectivity index is 1.62. The summed E-state index contributed by atoms with van der Waals surface area (Å²) in [5.41, 5.74) is 0.501. The van der Waals surface area contributed by atoms with E-state index >= 15 is 0 Å². The highest BCUT2D eigenvalue weighted by molar-refractivity contribution is 7.99. The molecule has 2 heterocycles. The fraction of sp³-hybridized carbons (Fsp3) is 0.286. The molecule has 0 saturated carbocycles. The minimum Gasteiger partial charge on any atom is -0.484 e. The zero-order valence-corrected chi connectivity index (χ0v) is 21.5. The molecule has 0 fully saturated rings. The quantitative estimate of drug-likeness (QED) is 0.204. The fourth-order valence-electron chi connectivity index (χ4n) is 2.70. The molecule has 0 spiro atoms. The number of nitrogens with zero attached hydrogens (tertiary/aromatic N) is 4. The van der Waals surface area contributed by atoms with Gasteiger partial charge >= 0.3 is 5.97 Å². The molecule has 34 heavy (non-hydrogen) atoms. The standard InChI is InChI=1S/C21H21Cl2N5O4S2/c1-4-8-28-16(10-32-15-9-13(22)6-7-14(15)23)26-27-21(28)33-11-17(29)25-20-24-12(3)18(34-20)19(30)31-5-2/h4,6-7,9H,1,5,8,10-11H2,2-3H3,(H,24,25,29). The Morgan fingerprint density at radius 2 is 2.12 bits per heavy atom. The number of rotatable bonds is 11. The maximum absolute atomic E-state index is 12.4. The third-order valence-electron chi connectivity index (χ3n) is 4.19. The van der Waals surface area contributed by atoms with Crippen LogP contribution >= 0.6 is 46.3 Å². The van der Waals surface area contributed by atoms with Crippen molar-refractivity contribution in [1.82, 2.24) is 19.7 Å². The van der Waals surface area contributed by atoms with Crippen molar-refractivity contribution in [2.75, 3.05) is 17.7 Å². The van der Waals surface area contributed by atoms with E-state index < -0.39 is 5.97 Å². The lowest BCUT2D eigenvalue weighted by atomic mass is 10.3. The van der Waals surface area contributed by atoms with Gasteiger partial charge in [0.2, 0.25) is 5.91 Å². The van der Waals surface area contributed by atoms with Gasteiger partial charge in [0.15, 0.2) is 16.1 Å². The van der Waals surface area contributed by atoms with Gasteiger partial charge in [0.1, 0.15) is 17.2 Å². The number of halogens is 2. The summed E-state index contributed by atoms with van der Waals surface area (Å²) < 4.78 is 12.5. The largest absolute Gasteiger partial charge is 0.484 e. The van der Waals surface area contributed by atoms with Gasteiger partial charge < -0.3 is 14.8 Å². The van der Waals surface area contributed by atoms with Crippen molar-refractivity contribution < 1.29 is 19.1 Å². The summed E-state index contributed by atoms with van der Waals surface area (Å²) in [5, 5.41) is 12.8. The zero-order chi connectivity index (χ0) is 24.7. The van der Waals surface area contributed by atoms with E-state index in [1.165, 1.54) is 11.8 Å². The summed E-state index contributed by atoms with van der Waals surface area (Å²) in [4.78, 5) is 29.0. The predicted molar refractivity (Wildman–Crippen MR) is 133 cm³/mol. The van der Waals surface area contributed by atoms with Crippen LogP contribution in [-0.2, 0) is 22.7 Å². The minimum atomic E-state index is -0.460. The Bertz CT molecular complexity index is 1200. The highest BCUT2D eigenvalue weighted by atomic mass is 35.5. The number of thiazole rings is 1. The first kappa shape index (κ1) is 26.0. The number of carbonyl (C=O) groups excluding carboxylic acids is 2. The molecule has 1 aromatic carbocycles. The number of amides is 1. The highest BCUT2D eigenvalue weighted by Crippen LogP contribution is 2.29. The number of aryl methyl sites for hydroxylation is 1. The van der Waals surface area contributed by atoms with E-state index in [0.717, 1.165) is 11.3 Å². The number of anilines is 1. The van der Waals surface area contributed by atoms with Gasteiger partial charge in [-0.1, -0.05) is 52.4 Å². The van der Waals surface area contributed by atoms with Gasteiger partial charge in [-0.15, -0.1) is 16.8 Å². The summed E-state index contributed by atoms with van der Waals surface area (Å²) in [5.74, 6) is 0.263. The average molecular weight is 542 g/mol. The van der Waals surface area contributed by atoms with Crippen molar-refractivity contribution in [1.29, 1.82) is 0 Å². The molecule has 3 aromatic rings. The van der Waals surface area contributed by atoms with Gasteiger partial charge in [0.25, 0.3) is 0 Å². The average Bonchev–Trinajstić information content (AvgIpc) is 3.36. The van der Waals surface area contributed by atoms with E-state index in [2.05, 4.69) is 27.1 Å². The summed E-state index contributed by atoms with van der Waals surface area (Å²) in [7, 11) is 0. The molecule has 0 unspecified atom stereocenters. The van der Waals surface area contributed by atoms with Crippen LogP contribution in [0.5, 0.6) is 5.75 Å². The van der Waals surface area contributed by atoms with Gasteiger partial charge in [-0.2, -0.15) is 0 Å². The number of allylic oxidation sites excluding steroid dienone is 1. The molecule has 0 aliphatic heterocycles. The van der Waals surface area contributed by atoms with Gasteiger partial charge in [-0.25, -0.2) is 9.78 Å². The Morgan fingerprint density at radius 1 is 1.32 bits per heavy atom. The van der Waals surface area contributed by atoms with E-state index in [4.69, 9.17) is 32.7 Å². The van der Waals surface area contributed by atoms with Crippen LogP contribution in [0.15, 0.2) is 36.0 Å². The highest BCUT2D eigenvalue weighted by Gasteiger charge is 2.19. The van der Waals surface area contributed by atoms with Crippen LogP contribution in [0.3, 0.4) is 0 Å². The molecular formula is C21H21Cl2N5O4S2. The van der Waals surface area contributed by atoms with E-state index in [9.17, 15) is 9.59 Å². The van der Waals surface area contributed by atoms with Crippen molar-refractivity contribution in [2.24, 2.45) is 0 Å². The molecule has 3 rings (SSSR count). The van der Waals surface area contributed by atoms with Crippen LogP contribution in [0, 0.1) is 6.92 Å². The monoisotopic (exact) mass is 541 g/mol. The smallest absolute Gasteiger partial charge is 0.350 e. The summed E-state index contributed by atoms with van der Waals surface area (Å²) in [6.07, 6.45) is 1.69. The van der Waals surface area contributed by atoms with Crippen molar-refractivity contribution in [2.45, 2.75) is 32.2 Å². The van der Waals surface area contributed by atoms with E-state index in [0.29, 0.717) is 49.0 Å². The Hall–Kier alpha value is -2.60. The van der Waals surface area contributed by atoms with Crippen LogP contribution in [0.4, 0.5) is 5.13 Å². The number of nitrogens with one attached hydrogen (secondary N) is 1. The second kappa shape index (κ2) is 12.2. The molecule has 0 aliphatic carbocycles. The molecule has 0 saturated heterocycles. The Labute approximate surface area is 214 Å². The van der Waals surface area contributed by atoms with Crippen molar-refractivity contribution in [3.8, 4) is 5.75 Å². The second-order valence-electron chi connectivity index (χ2n) is 6.65. The SMILES string of the molecule is C=CCn1c(COc2cc(Cl)ccc2Cl)nnc1SCC(=O)Nc1nc(C)c(C(=O)OCC)s1. The molecule has 180 valence electrons. The predicted octanol–water partition coefficient (Wildman–Crippen LogP) is 5.02. The number of benzene rings is 1. The molecule has 0 atom stereocenters. The van der Waals surface area contributed by atoms with Crippen LogP contribution in [0.1, 0.15) is 28.1 Å². The number of carbonyl (C=O) groups is 2. The van der Waals surface area contributed by atoms with Gasteiger partial charge in [0, 0.05) is 17.6 Å². The second-order valence-corrected chi connectivity index (χ2v) is 9.44. The normalized spacial score (nSPS) is 10.7. The molecule has 9 nitrogen and oxygen atoms in total. The molecule has 0 bridgehead atoms. The summed E-state index contributed by atoms with van der Waals surface area (Å²) in [6, 6.07) is 4.93. The molecule has 13 heteroatoms.